The first-order valence-corrected chi connectivity index (χ1v) is 8.27. The standard InChI is InChI=1S/C16H19FN2O3S/c1-16(2,3)22-13(20)9-6-10-23-15-19-18-14(21-15)11-7-4-5-8-12(11)17/h4-5,7-8H,6,9-10H2,1-3H3. The van der Waals surface area contributed by atoms with Crippen molar-refractivity contribution in [1.82, 2.24) is 10.2 Å². The Morgan fingerprint density at radius 1 is 1.30 bits per heavy atom. The summed E-state index contributed by atoms with van der Waals surface area (Å²) in [5.74, 6) is 0.157. The molecule has 1 aromatic carbocycles. The van der Waals surface area contributed by atoms with Crippen molar-refractivity contribution in [3.63, 3.8) is 0 Å². The molecule has 0 N–H and O–H groups in total. The summed E-state index contributed by atoms with van der Waals surface area (Å²) in [5.41, 5.74) is -0.189. The Hall–Kier alpha value is -1.89. The lowest BCUT2D eigenvalue weighted by atomic mass is 10.2. The molecular formula is C16H19FN2O3S. The Labute approximate surface area is 138 Å². The molecule has 0 aliphatic carbocycles. The van der Waals surface area contributed by atoms with Crippen LogP contribution in [0.4, 0.5) is 4.39 Å². The first kappa shape index (κ1) is 17.5. The lowest BCUT2D eigenvalue weighted by molar-refractivity contribution is -0.154. The molecule has 0 aliphatic rings. The average molecular weight is 338 g/mol. The van der Waals surface area contributed by atoms with Crippen LogP contribution in [0, 0.1) is 5.82 Å². The van der Waals surface area contributed by atoms with Crippen molar-refractivity contribution in [2.45, 2.75) is 44.4 Å². The lowest BCUT2D eigenvalue weighted by Crippen LogP contribution is -2.23. The van der Waals surface area contributed by atoms with Crippen molar-refractivity contribution in [1.29, 1.82) is 0 Å². The maximum absolute atomic E-state index is 13.6. The topological polar surface area (TPSA) is 65.2 Å². The third-order valence-corrected chi connectivity index (χ3v) is 3.59. The van der Waals surface area contributed by atoms with E-state index < -0.39 is 11.4 Å². The molecule has 23 heavy (non-hydrogen) atoms. The van der Waals surface area contributed by atoms with Gasteiger partial charge in [0, 0.05) is 12.2 Å². The Bertz CT molecular complexity index is 667. The third-order valence-electron chi connectivity index (χ3n) is 2.68. The molecule has 0 aliphatic heterocycles. The molecule has 1 heterocycles. The Morgan fingerprint density at radius 2 is 2.04 bits per heavy atom. The summed E-state index contributed by atoms with van der Waals surface area (Å²) in [7, 11) is 0. The number of esters is 1. The van der Waals surface area contributed by atoms with Crippen LogP contribution in [0.15, 0.2) is 33.9 Å². The molecule has 2 aromatic rings. The van der Waals surface area contributed by atoms with Crippen LogP contribution in [-0.2, 0) is 9.53 Å². The quantitative estimate of drug-likeness (QED) is 0.449. The minimum Gasteiger partial charge on any atom is -0.460 e. The largest absolute Gasteiger partial charge is 0.460 e. The van der Waals surface area contributed by atoms with Crippen LogP contribution in [0.2, 0.25) is 0 Å². The predicted molar refractivity (Wildman–Crippen MR) is 85.5 cm³/mol. The monoisotopic (exact) mass is 338 g/mol. The molecular weight excluding hydrogens is 319 g/mol. The van der Waals surface area contributed by atoms with Crippen LogP contribution in [0.1, 0.15) is 33.6 Å². The van der Waals surface area contributed by atoms with E-state index in [9.17, 15) is 9.18 Å². The fourth-order valence-corrected chi connectivity index (χ4v) is 2.48. The van der Waals surface area contributed by atoms with Gasteiger partial charge in [0.05, 0.1) is 5.56 Å². The van der Waals surface area contributed by atoms with Crippen molar-refractivity contribution < 1.29 is 18.3 Å². The van der Waals surface area contributed by atoms with Gasteiger partial charge in [-0.2, -0.15) is 0 Å². The van der Waals surface area contributed by atoms with Gasteiger partial charge >= 0.3 is 5.97 Å². The number of hydrogen-bond acceptors (Lipinski definition) is 6. The van der Waals surface area contributed by atoms with E-state index in [1.807, 2.05) is 20.8 Å². The third kappa shape index (κ3) is 5.67. The second kappa shape index (κ2) is 7.59. The molecule has 2 rings (SSSR count). The van der Waals surface area contributed by atoms with Crippen molar-refractivity contribution in [3.8, 4) is 11.5 Å². The highest BCUT2D eigenvalue weighted by Crippen LogP contribution is 2.25. The van der Waals surface area contributed by atoms with Gasteiger partial charge in [-0.3, -0.25) is 4.79 Å². The highest BCUT2D eigenvalue weighted by molar-refractivity contribution is 7.99. The van der Waals surface area contributed by atoms with Crippen LogP contribution >= 0.6 is 11.8 Å². The number of benzene rings is 1. The molecule has 0 saturated heterocycles. The zero-order chi connectivity index (χ0) is 16.9. The minimum absolute atomic E-state index is 0.151. The second-order valence-electron chi connectivity index (χ2n) is 5.89. The second-order valence-corrected chi connectivity index (χ2v) is 6.94. The number of carbonyl (C=O) groups is 1. The van der Waals surface area contributed by atoms with Crippen molar-refractivity contribution in [2.75, 3.05) is 5.75 Å². The number of thioether (sulfide) groups is 1. The highest BCUT2D eigenvalue weighted by Gasteiger charge is 2.16. The number of halogens is 1. The van der Waals surface area contributed by atoms with Gasteiger partial charge in [0.2, 0.25) is 0 Å². The number of hydrogen-bond donors (Lipinski definition) is 0. The molecule has 0 radical (unpaired) electrons. The molecule has 0 fully saturated rings. The van der Waals surface area contributed by atoms with E-state index in [4.69, 9.17) is 9.15 Å². The van der Waals surface area contributed by atoms with Crippen LogP contribution < -0.4 is 0 Å². The van der Waals surface area contributed by atoms with Gasteiger partial charge in [-0.05, 0) is 39.3 Å². The number of nitrogens with zero attached hydrogens (tertiary/aromatic N) is 2. The van der Waals surface area contributed by atoms with Gasteiger partial charge < -0.3 is 9.15 Å². The highest BCUT2D eigenvalue weighted by atomic mass is 32.2. The lowest BCUT2D eigenvalue weighted by Gasteiger charge is -2.19. The first-order chi connectivity index (χ1) is 10.8. The maximum atomic E-state index is 13.6. The Morgan fingerprint density at radius 3 is 2.74 bits per heavy atom. The first-order valence-electron chi connectivity index (χ1n) is 7.28. The van der Waals surface area contributed by atoms with E-state index >= 15 is 0 Å². The molecule has 7 heteroatoms. The van der Waals surface area contributed by atoms with Crippen LogP contribution in [0.5, 0.6) is 0 Å². The van der Waals surface area contributed by atoms with Crippen molar-refractivity contribution in [2.24, 2.45) is 0 Å². The zero-order valence-electron chi connectivity index (χ0n) is 13.3. The molecule has 5 nitrogen and oxygen atoms in total. The van der Waals surface area contributed by atoms with Gasteiger partial charge in [0.25, 0.3) is 11.1 Å². The minimum atomic E-state index is -0.467. The van der Waals surface area contributed by atoms with E-state index in [2.05, 4.69) is 10.2 Å². The van der Waals surface area contributed by atoms with E-state index in [1.165, 1.54) is 17.8 Å². The van der Waals surface area contributed by atoms with Gasteiger partial charge in [-0.1, -0.05) is 23.9 Å². The summed E-state index contributed by atoms with van der Waals surface area (Å²) in [5, 5.41) is 8.07. The molecule has 0 amide bonds. The molecule has 1 aromatic heterocycles. The Kier molecular flexibility index (Phi) is 5.76. The van der Waals surface area contributed by atoms with Crippen LogP contribution in [-0.4, -0.2) is 27.5 Å². The van der Waals surface area contributed by atoms with E-state index in [0.717, 1.165) is 0 Å². The number of ether oxygens (including phenoxy) is 1. The SMILES string of the molecule is CC(C)(C)OC(=O)CCCSc1nnc(-c2ccccc2F)o1. The number of aromatic nitrogens is 2. The summed E-state index contributed by atoms with van der Waals surface area (Å²) < 4.78 is 24.3. The van der Waals surface area contributed by atoms with Gasteiger partial charge in [0.15, 0.2) is 0 Å². The molecule has 0 bridgehead atoms. The smallest absolute Gasteiger partial charge is 0.306 e. The summed E-state index contributed by atoms with van der Waals surface area (Å²) in [4.78, 5) is 11.6. The maximum Gasteiger partial charge on any atom is 0.306 e. The van der Waals surface area contributed by atoms with Crippen molar-refractivity contribution >= 4 is 17.7 Å². The number of carbonyl (C=O) groups excluding carboxylic acids is 1. The van der Waals surface area contributed by atoms with Gasteiger partial charge in [-0.15, -0.1) is 10.2 Å². The van der Waals surface area contributed by atoms with Crippen LogP contribution in [0.3, 0.4) is 0 Å². The van der Waals surface area contributed by atoms with Crippen molar-refractivity contribution in [3.05, 3.63) is 30.1 Å². The zero-order valence-corrected chi connectivity index (χ0v) is 14.2. The fourth-order valence-electron chi connectivity index (χ4n) is 1.78. The van der Waals surface area contributed by atoms with Crippen LogP contribution in [0.25, 0.3) is 11.5 Å². The predicted octanol–water partition coefficient (Wildman–Crippen LogP) is 4.09. The number of rotatable bonds is 6. The van der Waals surface area contributed by atoms with Gasteiger partial charge in [0.1, 0.15) is 11.4 Å². The fraction of sp³-hybridized carbons (Fsp3) is 0.438. The average Bonchev–Trinajstić information content (AvgIpc) is 2.91. The molecule has 0 atom stereocenters. The normalized spacial score (nSPS) is 11.5. The summed E-state index contributed by atoms with van der Waals surface area (Å²) in [6.45, 7) is 5.51. The van der Waals surface area contributed by atoms with E-state index in [-0.39, 0.29) is 17.4 Å². The summed E-state index contributed by atoms with van der Waals surface area (Å²) >= 11 is 1.33. The molecule has 0 unspecified atom stereocenters. The van der Waals surface area contributed by atoms with Gasteiger partial charge in [-0.25, -0.2) is 4.39 Å². The summed E-state index contributed by atoms with van der Waals surface area (Å²) in [6.07, 6.45) is 0.968. The Balaban J connectivity index is 1.80. The summed E-state index contributed by atoms with van der Waals surface area (Å²) in [6, 6.07) is 6.23. The molecule has 0 saturated carbocycles. The van der Waals surface area contributed by atoms with E-state index in [1.54, 1.807) is 18.2 Å². The molecule has 0 spiro atoms. The molecule has 124 valence electrons. The van der Waals surface area contributed by atoms with E-state index in [0.29, 0.717) is 23.8 Å².